The van der Waals surface area contributed by atoms with Gasteiger partial charge in [0.05, 0.1) is 13.2 Å². The van der Waals surface area contributed by atoms with Crippen LogP contribution in [0.1, 0.15) is 13.3 Å². The third-order valence-corrected chi connectivity index (χ3v) is 3.71. The van der Waals surface area contributed by atoms with Gasteiger partial charge in [0.2, 0.25) is 10.0 Å². The van der Waals surface area contributed by atoms with Gasteiger partial charge in [-0.05, 0) is 6.92 Å². The average Bonchev–Trinajstić information content (AvgIpc) is 2.65. The number of ether oxygens (including phenoxy) is 2. The molecule has 1 rings (SSSR count). The molecule has 1 aliphatic heterocycles. The average molecular weight is 281 g/mol. The minimum Gasteiger partial charge on any atom is -0.480 e. The summed E-state index contributed by atoms with van der Waals surface area (Å²) in [6, 6.07) is 0. The Bertz CT molecular complexity index is 424. The maximum Gasteiger partial charge on any atom is 0.327 e. The van der Waals surface area contributed by atoms with E-state index in [-0.39, 0.29) is 26.2 Å². The van der Waals surface area contributed by atoms with Crippen molar-refractivity contribution in [3.63, 3.8) is 0 Å². The minimum absolute atomic E-state index is 0.0182. The Kier molecular flexibility index (Phi) is 4.65. The first kappa shape index (κ1) is 14.9. The first-order valence-corrected chi connectivity index (χ1v) is 6.95. The summed E-state index contributed by atoms with van der Waals surface area (Å²) in [6.45, 7) is 1.49. The fourth-order valence-electron chi connectivity index (χ4n) is 1.55. The van der Waals surface area contributed by atoms with Crippen molar-refractivity contribution in [2.24, 2.45) is 0 Å². The summed E-state index contributed by atoms with van der Waals surface area (Å²) in [6.07, 6.45) is 0.0182. The number of carbonyl (C=O) groups excluding carboxylic acids is 1. The molecular weight excluding hydrogens is 266 g/mol. The van der Waals surface area contributed by atoms with E-state index in [0.29, 0.717) is 0 Å². The summed E-state index contributed by atoms with van der Waals surface area (Å²) in [7, 11) is -4.08. The maximum atomic E-state index is 11.7. The molecule has 1 fully saturated rings. The van der Waals surface area contributed by atoms with Crippen molar-refractivity contribution in [1.29, 1.82) is 0 Å². The number of rotatable bonds is 6. The standard InChI is InChI=1S/C9H15NO7S/c1-2-17-7(11)5-18(14,15)10-9(8(12)13)3-4-16-6-9/h10H,2-6H2,1H3,(H,12,13). The largest absolute Gasteiger partial charge is 0.480 e. The van der Waals surface area contributed by atoms with Gasteiger partial charge in [-0.2, -0.15) is 4.72 Å². The molecule has 0 saturated carbocycles. The van der Waals surface area contributed by atoms with Gasteiger partial charge in [0.1, 0.15) is 0 Å². The van der Waals surface area contributed by atoms with Crippen LogP contribution in [-0.2, 0) is 29.1 Å². The minimum atomic E-state index is -4.08. The van der Waals surface area contributed by atoms with Gasteiger partial charge in [-0.3, -0.25) is 9.59 Å². The lowest BCUT2D eigenvalue weighted by molar-refractivity contribution is -0.144. The number of carbonyl (C=O) groups is 2. The second-order valence-corrected chi connectivity index (χ2v) is 5.58. The molecule has 9 heteroatoms. The molecule has 18 heavy (non-hydrogen) atoms. The van der Waals surface area contributed by atoms with Gasteiger partial charge in [-0.1, -0.05) is 0 Å². The van der Waals surface area contributed by atoms with Gasteiger partial charge in [-0.15, -0.1) is 0 Å². The molecule has 8 nitrogen and oxygen atoms in total. The van der Waals surface area contributed by atoms with Crippen molar-refractivity contribution >= 4 is 22.0 Å². The number of hydrogen-bond acceptors (Lipinski definition) is 6. The molecule has 0 radical (unpaired) electrons. The van der Waals surface area contributed by atoms with Gasteiger partial charge >= 0.3 is 11.9 Å². The molecular formula is C9H15NO7S. The zero-order valence-corrected chi connectivity index (χ0v) is 10.7. The number of nitrogens with one attached hydrogen (secondary N) is 1. The summed E-state index contributed by atoms with van der Waals surface area (Å²) in [4.78, 5) is 22.2. The van der Waals surface area contributed by atoms with E-state index in [1.807, 2.05) is 4.72 Å². The highest BCUT2D eigenvalue weighted by atomic mass is 32.2. The number of hydrogen-bond donors (Lipinski definition) is 2. The fourth-order valence-corrected chi connectivity index (χ4v) is 2.86. The molecule has 0 bridgehead atoms. The second kappa shape index (κ2) is 5.63. The fraction of sp³-hybridized carbons (Fsp3) is 0.778. The van der Waals surface area contributed by atoms with Gasteiger partial charge < -0.3 is 14.6 Å². The molecule has 1 heterocycles. The van der Waals surface area contributed by atoms with Crippen LogP contribution >= 0.6 is 0 Å². The number of esters is 1. The van der Waals surface area contributed by atoms with Gasteiger partial charge in [0, 0.05) is 13.0 Å². The number of sulfonamides is 1. The van der Waals surface area contributed by atoms with Crippen LogP contribution in [0.25, 0.3) is 0 Å². The van der Waals surface area contributed by atoms with Crippen LogP contribution in [0.5, 0.6) is 0 Å². The highest BCUT2D eigenvalue weighted by Crippen LogP contribution is 2.20. The second-order valence-electron chi connectivity index (χ2n) is 3.86. The lowest BCUT2D eigenvalue weighted by atomic mass is 10.0. The third kappa shape index (κ3) is 3.65. The molecule has 1 aliphatic rings. The van der Waals surface area contributed by atoms with Gasteiger partial charge in [0.25, 0.3) is 0 Å². The first-order valence-electron chi connectivity index (χ1n) is 5.30. The molecule has 104 valence electrons. The van der Waals surface area contributed by atoms with E-state index in [9.17, 15) is 18.0 Å². The van der Waals surface area contributed by atoms with Crippen LogP contribution in [-0.4, -0.2) is 56.6 Å². The lowest BCUT2D eigenvalue weighted by Gasteiger charge is -2.22. The molecule has 1 saturated heterocycles. The Morgan fingerprint density at radius 1 is 1.50 bits per heavy atom. The summed E-state index contributed by atoms with van der Waals surface area (Å²) in [5.74, 6) is -3.16. The summed E-state index contributed by atoms with van der Waals surface area (Å²) >= 11 is 0. The summed E-state index contributed by atoms with van der Waals surface area (Å²) in [5, 5.41) is 9.04. The van der Waals surface area contributed by atoms with E-state index >= 15 is 0 Å². The molecule has 0 aromatic heterocycles. The highest BCUT2D eigenvalue weighted by Gasteiger charge is 2.46. The molecule has 1 atom stereocenters. The van der Waals surface area contributed by atoms with E-state index in [1.165, 1.54) is 0 Å². The van der Waals surface area contributed by atoms with Crippen molar-refractivity contribution in [3.05, 3.63) is 0 Å². The first-order chi connectivity index (χ1) is 8.31. The van der Waals surface area contributed by atoms with Crippen molar-refractivity contribution in [2.45, 2.75) is 18.9 Å². The number of carboxylic acids is 1. The van der Waals surface area contributed by atoms with E-state index in [1.54, 1.807) is 6.92 Å². The lowest BCUT2D eigenvalue weighted by Crippen LogP contribution is -2.56. The Hall–Kier alpha value is -1.19. The normalized spacial score (nSPS) is 23.8. The van der Waals surface area contributed by atoms with Crippen LogP contribution in [0.4, 0.5) is 0 Å². The zero-order valence-electron chi connectivity index (χ0n) is 9.84. The third-order valence-electron chi connectivity index (χ3n) is 2.40. The maximum absolute atomic E-state index is 11.7. The predicted molar refractivity (Wildman–Crippen MR) is 59.4 cm³/mol. The van der Waals surface area contributed by atoms with E-state index in [2.05, 4.69) is 4.74 Å². The molecule has 0 amide bonds. The van der Waals surface area contributed by atoms with Gasteiger partial charge in [-0.25, -0.2) is 8.42 Å². The molecule has 0 aromatic rings. The van der Waals surface area contributed by atoms with Crippen molar-refractivity contribution in [3.8, 4) is 0 Å². The molecule has 0 aliphatic carbocycles. The van der Waals surface area contributed by atoms with Gasteiger partial charge in [0.15, 0.2) is 11.3 Å². The zero-order chi connectivity index (χ0) is 13.8. The number of carboxylic acid groups (broad SMARTS) is 1. The predicted octanol–water partition coefficient (Wildman–Crippen LogP) is -1.29. The topological polar surface area (TPSA) is 119 Å². The van der Waals surface area contributed by atoms with Crippen LogP contribution in [0.15, 0.2) is 0 Å². The van der Waals surface area contributed by atoms with E-state index < -0.39 is 33.3 Å². The summed E-state index contributed by atoms with van der Waals surface area (Å²) < 4.78 is 34.7. The monoisotopic (exact) mass is 281 g/mol. The SMILES string of the molecule is CCOC(=O)CS(=O)(=O)NC1(C(=O)O)CCOC1. The van der Waals surface area contributed by atoms with Crippen LogP contribution < -0.4 is 4.72 Å². The van der Waals surface area contributed by atoms with Crippen LogP contribution in [0, 0.1) is 0 Å². The van der Waals surface area contributed by atoms with Crippen molar-refractivity contribution < 1.29 is 32.6 Å². The van der Waals surface area contributed by atoms with E-state index in [0.717, 1.165) is 0 Å². The summed E-state index contributed by atoms with van der Waals surface area (Å²) in [5.41, 5.74) is -1.69. The quantitative estimate of drug-likeness (QED) is 0.581. The molecule has 2 N–H and O–H groups in total. The highest BCUT2D eigenvalue weighted by molar-refractivity contribution is 7.90. The molecule has 1 unspecified atom stereocenters. The van der Waals surface area contributed by atoms with Crippen LogP contribution in [0.2, 0.25) is 0 Å². The Morgan fingerprint density at radius 2 is 2.17 bits per heavy atom. The van der Waals surface area contributed by atoms with Crippen molar-refractivity contribution in [1.82, 2.24) is 4.72 Å². The van der Waals surface area contributed by atoms with E-state index in [4.69, 9.17) is 9.84 Å². The van der Waals surface area contributed by atoms with Crippen LogP contribution in [0.3, 0.4) is 0 Å². The molecule has 0 aromatic carbocycles. The Morgan fingerprint density at radius 3 is 2.61 bits per heavy atom. The molecule has 0 spiro atoms. The smallest absolute Gasteiger partial charge is 0.327 e. The Labute approximate surface area is 104 Å². The Balaban J connectivity index is 2.75. The van der Waals surface area contributed by atoms with Crippen molar-refractivity contribution in [2.75, 3.05) is 25.6 Å². The number of aliphatic carboxylic acids is 1.